The smallest absolute Gasteiger partial charge is 0.119 e. The second-order valence-electron chi connectivity index (χ2n) is 5.31. The van der Waals surface area contributed by atoms with Crippen LogP contribution in [0.1, 0.15) is 12.0 Å². The van der Waals surface area contributed by atoms with Crippen LogP contribution in [0.15, 0.2) is 54.6 Å². The molecule has 112 valence electrons. The molecule has 0 aliphatic carbocycles. The Bertz CT molecular complexity index is 511. The van der Waals surface area contributed by atoms with Gasteiger partial charge in [-0.3, -0.25) is 0 Å². The Hall–Kier alpha value is -2.00. The van der Waals surface area contributed by atoms with Crippen molar-refractivity contribution in [2.45, 2.75) is 12.8 Å². The topological polar surface area (TPSA) is 38.5 Å². The van der Waals surface area contributed by atoms with Gasteiger partial charge in [0, 0.05) is 12.2 Å². The Morgan fingerprint density at radius 2 is 1.67 bits per heavy atom. The molecular weight excluding hydrogens is 260 g/mol. The van der Waals surface area contributed by atoms with Crippen molar-refractivity contribution in [3.8, 4) is 5.75 Å². The van der Waals surface area contributed by atoms with E-state index in [1.165, 1.54) is 12.0 Å². The van der Waals surface area contributed by atoms with Crippen LogP contribution < -0.4 is 10.5 Å². The average molecular weight is 284 g/mol. The van der Waals surface area contributed by atoms with Gasteiger partial charge in [0.25, 0.3) is 0 Å². The first-order valence-corrected chi connectivity index (χ1v) is 7.45. The zero-order valence-corrected chi connectivity index (χ0v) is 12.7. The maximum Gasteiger partial charge on any atom is 0.119 e. The van der Waals surface area contributed by atoms with Gasteiger partial charge in [-0.25, -0.2) is 0 Å². The van der Waals surface area contributed by atoms with Gasteiger partial charge < -0.3 is 15.4 Å². The van der Waals surface area contributed by atoms with E-state index < -0.39 is 0 Å². The van der Waals surface area contributed by atoms with E-state index in [0.717, 1.165) is 30.9 Å². The summed E-state index contributed by atoms with van der Waals surface area (Å²) >= 11 is 0. The molecule has 2 aromatic rings. The van der Waals surface area contributed by atoms with Gasteiger partial charge in [-0.15, -0.1) is 0 Å². The second-order valence-corrected chi connectivity index (χ2v) is 5.31. The molecule has 2 N–H and O–H groups in total. The van der Waals surface area contributed by atoms with E-state index >= 15 is 0 Å². The normalized spacial score (nSPS) is 10.8. The van der Waals surface area contributed by atoms with Gasteiger partial charge in [0.1, 0.15) is 12.4 Å². The van der Waals surface area contributed by atoms with Gasteiger partial charge >= 0.3 is 0 Å². The van der Waals surface area contributed by atoms with Crippen molar-refractivity contribution in [2.75, 3.05) is 32.5 Å². The van der Waals surface area contributed by atoms with Crippen LogP contribution in [0.2, 0.25) is 0 Å². The molecule has 0 fully saturated rings. The molecule has 0 aliphatic rings. The summed E-state index contributed by atoms with van der Waals surface area (Å²) in [6, 6.07) is 18.2. The second kappa shape index (κ2) is 8.32. The first-order chi connectivity index (χ1) is 10.2. The highest BCUT2D eigenvalue weighted by Crippen LogP contribution is 2.12. The number of nitrogen functional groups attached to an aromatic ring is 1. The third-order valence-electron chi connectivity index (χ3n) is 3.47. The Morgan fingerprint density at radius 1 is 0.952 bits per heavy atom. The third-order valence-corrected chi connectivity index (χ3v) is 3.47. The molecular formula is C18H24N2O. The molecule has 0 aromatic heterocycles. The van der Waals surface area contributed by atoms with Crippen LogP contribution in [0.3, 0.4) is 0 Å². The molecule has 0 spiro atoms. The average Bonchev–Trinajstić information content (AvgIpc) is 2.50. The molecule has 0 unspecified atom stereocenters. The van der Waals surface area contributed by atoms with Crippen molar-refractivity contribution in [1.29, 1.82) is 0 Å². The Balaban J connectivity index is 1.59. The highest BCUT2D eigenvalue weighted by atomic mass is 16.5. The van der Waals surface area contributed by atoms with Crippen molar-refractivity contribution in [2.24, 2.45) is 0 Å². The molecule has 3 heteroatoms. The van der Waals surface area contributed by atoms with E-state index in [9.17, 15) is 0 Å². The van der Waals surface area contributed by atoms with Gasteiger partial charge in [-0.2, -0.15) is 0 Å². The summed E-state index contributed by atoms with van der Waals surface area (Å²) in [7, 11) is 2.14. The summed E-state index contributed by atoms with van der Waals surface area (Å²) in [6.45, 7) is 2.71. The molecule has 3 nitrogen and oxygen atoms in total. The molecule has 2 aromatic carbocycles. The molecule has 0 saturated carbocycles. The minimum absolute atomic E-state index is 0.700. The summed E-state index contributed by atoms with van der Waals surface area (Å²) in [5.41, 5.74) is 7.81. The fourth-order valence-electron chi connectivity index (χ4n) is 2.19. The molecule has 21 heavy (non-hydrogen) atoms. The number of benzene rings is 2. The van der Waals surface area contributed by atoms with E-state index in [1.807, 2.05) is 24.3 Å². The summed E-state index contributed by atoms with van der Waals surface area (Å²) < 4.78 is 5.70. The van der Waals surface area contributed by atoms with Crippen LogP contribution in [-0.2, 0) is 6.42 Å². The lowest BCUT2D eigenvalue weighted by atomic mass is 10.1. The lowest BCUT2D eigenvalue weighted by Gasteiger charge is -2.17. The van der Waals surface area contributed by atoms with E-state index in [0.29, 0.717) is 6.61 Å². The Morgan fingerprint density at radius 3 is 2.38 bits per heavy atom. The summed E-state index contributed by atoms with van der Waals surface area (Å²) in [6.07, 6.45) is 2.30. The zero-order chi connectivity index (χ0) is 14.9. The van der Waals surface area contributed by atoms with Gasteiger partial charge in [-0.1, -0.05) is 30.3 Å². The number of anilines is 1. The lowest BCUT2D eigenvalue weighted by molar-refractivity contribution is 0.236. The van der Waals surface area contributed by atoms with Crippen LogP contribution in [0.5, 0.6) is 5.75 Å². The molecule has 0 aliphatic heterocycles. The highest BCUT2D eigenvalue weighted by Gasteiger charge is 2.00. The number of hydrogen-bond acceptors (Lipinski definition) is 3. The number of rotatable bonds is 8. The van der Waals surface area contributed by atoms with Crippen molar-refractivity contribution in [3.05, 3.63) is 60.2 Å². The van der Waals surface area contributed by atoms with E-state index in [4.69, 9.17) is 10.5 Å². The molecule has 0 radical (unpaired) electrons. The third kappa shape index (κ3) is 5.88. The molecule has 2 rings (SSSR count). The molecule has 0 atom stereocenters. The zero-order valence-electron chi connectivity index (χ0n) is 12.7. The number of nitrogens with zero attached hydrogens (tertiary/aromatic N) is 1. The summed E-state index contributed by atoms with van der Waals surface area (Å²) in [5, 5.41) is 0. The highest BCUT2D eigenvalue weighted by molar-refractivity contribution is 5.41. The fourth-order valence-corrected chi connectivity index (χ4v) is 2.19. The van der Waals surface area contributed by atoms with E-state index in [2.05, 4.69) is 42.3 Å². The maximum atomic E-state index is 5.70. The number of likely N-dealkylation sites (N-methyl/N-ethyl adjacent to an activating group) is 1. The molecule has 0 amide bonds. The minimum Gasteiger partial charge on any atom is -0.492 e. The van der Waals surface area contributed by atoms with Crippen molar-refractivity contribution < 1.29 is 4.74 Å². The van der Waals surface area contributed by atoms with Crippen LogP contribution in [-0.4, -0.2) is 31.6 Å². The van der Waals surface area contributed by atoms with Gasteiger partial charge in [-0.05, 0) is 56.3 Å². The van der Waals surface area contributed by atoms with Crippen LogP contribution >= 0.6 is 0 Å². The van der Waals surface area contributed by atoms with Crippen molar-refractivity contribution >= 4 is 5.69 Å². The Labute approximate surface area is 127 Å². The van der Waals surface area contributed by atoms with Gasteiger partial charge in [0.05, 0.1) is 0 Å². The number of nitrogens with two attached hydrogens (primary N) is 1. The predicted octanol–water partition coefficient (Wildman–Crippen LogP) is 3.21. The first kappa shape index (κ1) is 15.4. The Kier molecular flexibility index (Phi) is 6.10. The summed E-state index contributed by atoms with van der Waals surface area (Å²) in [5.74, 6) is 0.877. The van der Waals surface area contributed by atoms with Gasteiger partial charge in [0.2, 0.25) is 0 Å². The fraction of sp³-hybridized carbons (Fsp3) is 0.333. The van der Waals surface area contributed by atoms with Crippen LogP contribution in [0.25, 0.3) is 0 Å². The van der Waals surface area contributed by atoms with E-state index in [-0.39, 0.29) is 0 Å². The largest absolute Gasteiger partial charge is 0.492 e. The van der Waals surface area contributed by atoms with Gasteiger partial charge in [0.15, 0.2) is 0 Å². The van der Waals surface area contributed by atoms with Crippen LogP contribution in [0.4, 0.5) is 5.69 Å². The number of aryl methyl sites for hydroxylation is 1. The van der Waals surface area contributed by atoms with Crippen LogP contribution in [0, 0.1) is 0 Å². The number of hydrogen-bond donors (Lipinski definition) is 1. The SMILES string of the molecule is CN(CCCc1ccccc1)CCOc1ccc(N)cc1. The minimum atomic E-state index is 0.700. The van der Waals surface area contributed by atoms with Crippen molar-refractivity contribution in [3.63, 3.8) is 0 Å². The monoisotopic (exact) mass is 284 g/mol. The summed E-state index contributed by atoms with van der Waals surface area (Å²) in [4.78, 5) is 2.31. The number of ether oxygens (including phenoxy) is 1. The lowest BCUT2D eigenvalue weighted by Crippen LogP contribution is -2.25. The molecule has 0 heterocycles. The molecule has 0 saturated heterocycles. The van der Waals surface area contributed by atoms with Crippen molar-refractivity contribution in [1.82, 2.24) is 4.90 Å². The standard InChI is InChI=1S/C18H24N2O/c1-20(13-5-8-16-6-3-2-4-7-16)14-15-21-18-11-9-17(19)10-12-18/h2-4,6-7,9-12H,5,8,13-15,19H2,1H3. The molecule has 0 bridgehead atoms. The maximum absolute atomic E-state index is 5.70. The quantitative estimate of drug-likeness (QED) is 0.756. The first-order valence-electron chi connectivity index (χ1n) is 7.45. The van der Waals surface area contributed by atoms with E-state index in [1.54, 1.807) is 0 Å². The predicted molar refractivity (Wildman–Crippen MR) is 88.6 cm³/mol.